The zero-order valence-electron chi connectivity index (χ0n) is 16.7. The van der Waals surface area contributed by atoms with Gasteiger partial charge in [-0.2, -0.15) is 0 Å². The van der Waals surface area contributed by atoms with E-state index >= 15 is 0 Å². The summed E-state index contributed by atoms with van der Waals surface area (Å²) in [4.78, 5) is 32.2. The molecule has 1 aromatic carbocycles. The predicted molar refractivity (Wildman–Crippen MR) is 118 cm³/mol. The predicted octanol–water partition coefficient (Wildman–Crippen LogP) is 4.12. The molecule has 0 aliphatic carbocycles. The second-order valence-electron chi connectivity index (χ2n) is 7.01. The summed E-state index contributed by atoms with van der Waals surface area (Å²) in [6.07, 6.45) is 5.88. The summed E-state index contributed by atoms with van der Waals surface area (Å²) >= 11 is 7.63. The number of aryl methyl sites for hydroxylation is 1. The normalized spacial score (nSPS) is 18.0. The molecule has 0 saturated carbocycles. The van der Waals surface area contributed by atoms with E-state index in [4.69, 9.17) is 16.3 Å². The highest BCUT2D eigenvalue weighted by Crippen LogP contribution is 2.41. The molecule has 0 radical (unpaired) electrons. The van der Waals surface area contributed by atoms with E-state index in [9.17, 15) is 14.7 Å². The van der Waals surface area contributed by atoms with Gasteiger partial charge in [0.05, 0.1) is 30.1 Å². The summed E-state index contributed by atoms with van der Waals surface area (Å²) in [7, 11) is 1.49. The number of likely N-dealkylation sites (tertiary alicyclic amines) is 1. The molecule has 3 aromatic rings. The molecule has 160 valence electrons. The number of carbonyl (C=O) groups is 2. The minimum Gasteiger partial charge on any atom is -0.507 e. The van der Waals surface area contributed by atoms with Gasteiger partial charge in [-0.25, -0.2) is 4.98 Å². The van der Waals surface area contributed by atoms with Crippen LogP contribution in [0.1, 0.15) is 22.9 Å². The number of thiophene rings is 1. The minimum atomic E-state index is -0.703. The van der Waals surface area contributed by atoms with Gasteiger partial charge < -0.3 is 19.3 Å². The van der Waals surface area contributed by atoms with Crippen molar-refractivity contribution in [1.82, 2.24) is 14.5 Å². The van der Waals surface area contributed by atoms with Crippen molar-refractivity contribution in [3.63, 3.8) is 0 Å². The first kappa shape index (κ1) is 21.1. The fraction of sp³-hybridized carbons (Fsp3) is 0.227. The third-order valence-electron chi connectivity index (χ3n) is 5.15. The Morgan fingerprint density at radius 3 is 2.77 bits per heavy atom. The second kappa shape index (κ2) is 8.95. The number of aromatic nitrogens is 2. The van der Waals surface area contributed by atoms with Crippen molar-refractivity contribution in [2.45, 2.75) is 19.0 Å². The number of hydrogen-bond acceptors (Lipinski definition) is 6. The van der Waals surface area contributed by atoms with Crippen LogP contribution in [0.2, 0.25) is 5.02 Å². The van der Waals surface area contributed by atoms with Gasteiger partial charge in [-0.3, -0.25) is 9.59 Å². The summed E-state index contributed by atoms with van der Waals surface area (Å²) < 4.78 is 7.06. The van der Waals surface area contributed by atoms with Crippen LogP contribution in [0, 0.1) is 0 Å². The van der Waals surface area contributed by atoms with Crippen LogP contribution in [-0.2, 0) is 16.1 Å². The number of amides is 1. The van der Waals surface area contributed by atoms with Crippen molar-refractivity contribution in [3.8, 4) is 5.75 Å². The summed E-state index contributed by atoms with van der Waals surface area (Å²) in [5.41, 5.74) is 0.417. The van der Waals surface area contributed by atoms with E-state index in [1.54, 1.807) is 24.7 Å². The first-order valence-corrected chi connectivity index (χ1v) is 10.9. The molecule has 2 aromatic heterocycles. The topological polar surface area (TPSA) is 84.7 Å². The average Bonchev–Trinajstić information content (AvgIpc) is 3.52. The number of hydrogen-bond donors (Lipinski definition) is 1. The Hall–Kier alpha value is -3.10. The molecule has 31 heavy (non-hydrogen) atoms. The van der Waals surface area contributed by atoms with Gasteiger partial charge in [0.15, 0.2) is 0 Å². The molecule has 1 saturated heterocycles. The van der Waals surface area contributed by atoms with E-state index in [1.165, 1.54) is 29.4 Å². The molecule has 1 N–H and O–H groups in total. The fourth-order valence-corrected chi connectivity index (χ4v) is 4.77. The minimum absolute atomic E-state index is 0.0660. The van der Waals surface area contributed by atoms with Crippen LogP contribution in [0.4, 0.5) is 0 Å². The Labute approximate surface area is 188 Å². The van der Waals surface area contributed by atoms with E-state index in [0.717, 1.165) is 4.88 Å². The van der Waals surface area contributed by atoms with Crippen LogP contribution in [0.15, 0.2) is 60.0 Å². The lowest BCUT2D eigenvalue weighted by atomic mass is 9.99. The number of ketones is 1. The molecule has 1 atom stereocenters. The van der Waals surface area contributed by atoms with Crippen molar-refractivity contribution < 1.29 is 19.4 Å². The van der Waals surface area contributed by atoms with Gasteiger partial charge in [0.25, 0.3) is 11.7 Å². The summed E-state index contributed by atoms with van der Waals surface area (Å²) in [6.45, 7) is 1.03. The molecule has 0 unspecified atom stereocenters. The van der Waals surface area contributed by atoms with E-state index in [1.807, 2.05) is 28.3 Å². The van der Waals surface area contributed by atoms with Gasteiger partial charge in [0.1, 0.15) is 11.5 Å². The number of carbonyl (C=O) groups excluding carboxylic acids is 2. The van der Waals surface area contributed by atoms with E-state index in [0.29, 0.717) is 35.8 Å². The van der Waals surface area contributed by atoms with Crippen molar-refractivity contribution in [1.29, 1.82) is 0 Å². The Morgan fingerprint density at radius 2 is 2.13 bits per heavy atom. The maximum absolute atomic E-state index is 13.0. The van der Waals surface area contributed by atoms with Crippen LogP contribution in [-0.4, -0.2) is 44.9 Å². The Kier molecular flexibility index (Phi) is 6.11. The molecule has 4 rings (SSSR count). The number of Topliss-reactive ketones (excluding diaryl/α,β-unsaturated/α-hetero) is 1. The standard InChI is InChI=1S/C22H20ClN3O4S/c1-30-16-6-5-14(12-15(16)23)20(27)18-19(17-4-2-11-31-17)26(22(29)21(18)28)9-3-8-25-10-7-24-13-25/h2,4-7,10-13,19,27H,3,8-9H2,1H3/t19-/m1/s1. The van der Waals surface area contributed by atoms with Gasteiger partial charge >= 0.3 is 0 Å². The Balaban J connectivity index is 1.70. The molecule has 0 bridgehead atoms. The largest absolute Gasteiger partial charge is 0.507 e. The van der Waals surface area contributed by atoms with Gasteiger partial charge in [-0.1, -0.05) is 17.7 Å². The number of aliphatic hydroxyl groups is 1. The molecule has 0 spiro atoms. The molecule has 7 nitrogen and oxygen atoms in total. The number of imidazole rings is 1. The number of methoxy groups -OCH3 is 1. The van der Waals surface area contributed by atoms with Crippen molar-refractivity contribution in [3.05, 3.63) is 75.5 Å². The van der Waals surface area contributed by atoms with Crippen LogP contribution >= 0.6 is 22.9 Å². The van der Waals surface area contributed by atoms with Crippen molar-refractivity contribution >= 4 is 40.4 Å². The Bertz CT molecular complexity index is 1130. The molecular formula is C22H20ClN3O4S. The quantitative estimate of drug-likeness (QED) is 0.328. The summed E-state index contributed by atoms with van der Waals surface area (Å²) in [6, 6.07) is 7.81. The van der Waals surface area contributed by atoms with Gasteiger partial charge in [0.2, 0.25) is 0 Å². The molecule has 1 aliphatic heterocycles. The lowest BCUT2D eigenvalue weighted by Crippen LogP contribution is -2.31. The maximum Gasteiger partial charge on any atom is 0.295 e. The zero-order valence-corrected chi connectivity index (χ0v) is 18.3. The molecule has 1 amide bonds. The lowest BCUT2D eigenvalue weighted by molar-refractivity contribution is -0.139. The van der Waals surface area contributed by atoms with Crippen LogP contribution in [0.3, 0.4) is 0 Å². The van der Waals surface area contributed by atoms with Gasteiger partial charge in [-0.15, -0.1) is 11.3 Å². The molecular weight excluding hydrogens is 438 g/mol. The second-order valence-corrected chi connectivity index (χ2v) is 8.40. The summed E-state index contributed by atoms with van der Waals surface area (Å²) in [5, 5.41) is 13.2. The van der Waals surface area contributed by atoms with E-state index in [2.05, 4.69) is 4.98 Å². The highest BCUT2D eigenvalue weighted by molar-refractivity contribution is 7.10. The number of halogens is 1. The van der Waals surface area contributed by atoms with E-state index < -0.39 is 17.7 Å². The summed E-state index contributed by atoms with van der Waals surface area (Å²) in [5.74, 6) is -1.12. The van der Waals surface area contributed by atoms with Gasteiger partial charge in [0, 0.05) is 35.9 Å². The van der Waals surface area contributed by atoms with Crippen LogP contribution in [0.25, 0.3) is 5.76 Å². The fourth-order valence-electron chi connectivity index (χ4n) is 3.67. The number of ether oxygens (including phenoxy) is 1. The number of aliphatic hydroxyl groups excluding tert-OH is 1. The zero-order chi connectivity index (χ0) is 22.0. The number of benzene rings is 1. The molecule has 9 heteroatoms. The Morgan fingerprint density at radius 1 is 1.29 bits per heavy atom. The van der Waals surface area contributed by atoms with Crippen LogP contribution in [0.5, 0.6) is 5.75 Å². The third-order valence-corrected chi connectivity index (χ3v) is 6.37. The smallest absolute Gasteiger partial charge is 0.295 e. The molecule has 1 fully saturated rings. The number of rotatable bonds is 7. The van der Waals surface area contributed by atoms with E-state index in [-0.39, 0.29) is 11.3 Å². The maximum atomic E-state index is 13.0. The lowest BCUT2D eigenvalue weighted by Gasteiger charge is -2.24. The SMILES string of the molecule is COc1ccc(C(O)=C2C(=O)C(=O)N(CCCn3ccnc3)[C@@H]2c2cccs2)cc1Cl. The first-order chi connectivity index (χ1) is 15.0. The number of nitrogens with zero attached hydrogens (tertiary/aromatic N) is 3. The first-order valence-electron chi connectivity index (χ1n) is 9.62. The third kappa shape index (κ3) is 4.08. The van der Waals surface area contributed by atoms with Gasteiger partial charge in [-0.05, 0) is 36.1 Å². The average molecular weight is 458 g/mol. The van der Waals surface area contributed by atoms with Crippen molar-refractivity contribution in [2.75, 3.05) is 13.7 Å². The van der Waals surface area contributed by atoms with Crippen LogP contribution < -0.4 is 4.74 Å². The van der Waals surface area contributed by atoms with Crippen molar-refractivity contribution in [2.24, 2.45) is 0 Å². The molecule has 3 heterocycles. The highest BCUT2D eigenvalue weighted by Gasteiger charge is 2.46. The molecule has 1 aliphatic rings. The highest BCUT2D eigenvalue weighted by atomic mass is 35.5. The monoisotopic (exact) mass is 457 g/mol.